The van der Waals surface area contributed by atoms with Crippen LogP contribution in [-0.2, 0) is 21.2 Å². The number of anilines is 1. The number of hydrogen-bond donors (Lipinski definition) is 1. The Bertz CT molecular complexity index is 986. The molecule has 0 spiro atoms. The smallest absolute Gasteiger partial charge is 0.265 e. The van der Waals surface area contributed by atoms with Crippen molar-refractivity contribution in [2.75, 3.05) is 18.4 Å². The van der Waals surface area contributed by atoms with E-state index in [-0.39, 0.29) is 10.8 Å². The molecule has 1 atom stereocenters. The van der Waals surface area contributed by atoms with Crippen molar-refractivity contribution in [3.05, 3.63) is 53.6 Å². The second kappa shape index (κ2) is 8.16. The number of nitrogens with zero attached hydrogens (tertiary/aromatic N) is 1. The van der Waals surface area contributed by atoms with Gasteiger partial charge in [-0.05, 0) is 49.1 Å². The van der Waals surface area contributed by atoms with E-state index in [4.69, 9.17) is 4.74 Å². The van der Waals surface area contributed by atoms with Crippen LogP contribution < -0.4 is 10.1 Å². The zero-order chi connectivity index (χ0) is 20.4. The molecule has 4 rings (SSSR count). The molecule has 0 aromatic heterocycles. The number of ether oxygens (including phenoxy) is 1. The maximum absolute atomic E-state index is 13.2. The minimum absolute atomic E-state index is 0.257. The monoisotopic (exact) mass is 414 g/mol. The topological polar surface area (TPSA) is 75.7 Å². The summed E-state index contributed by atoms with van der Waals surface area (Å²) in [5.41, 5.74) is 2.14. The van der Waals surface area contributed by atoms with Gasteiger partial charge >= 0.3 is 0 Å². The van der Waals surface area contributed by atoms with E-state index in [0.29, 0.717) is 30.8 Å². The molecule has 1 N–H and O–H groups in total. The Labute approximate surface area is 171 Å². The number of amides is 1. The molecule has 0 radical (unpaired) electrons. The molecule has 0 unspecified atom stereocenters. The van der Waals surface area contributed by atoms with Gasteiger partial charge in [-0.1, -0.05) is 37.1 Å². The van der Waals surface area contributed by atoms with Gasteiger partial charge in [0.05, 0.1) is 4.90 Å². The van der Waals surface area contributed by atoms with E-state index >= 15 is 0 Å². The van der Waals surface area contributed by atoms with Gasteiger partial charge in [0.2, 0.25) is 10.0 Å². The summed E-state index contributed by atoms with van der Waals surface area (Å²) in [5.74, 6) is 0.448. The number of para-hydroxylation sites is 1. The number of carbonyl (C=O) groups excluding carboxylic acids is 1. The Morgan fingerprint density at radius 1 is 1.07 bits per heavy atom. The van der Waals surface area contributed by atoms with Gasteiger partial charge in [0.15, 0.2) is 6.10 Å². The van der Waals surface area contributed by atoms with Gasteiger partial charge in [0.1, 0.15) is 5.75 Å². The lowest BCUT2D eigenvalue weighted by atomic mass is 10.1. The van der Waals surface area contributed by atoms with Gasteiger partial charge in [0.25, 0.3) is 5.91 Å². The molecule has 29 heavy (non-hydrogen) atoms. The lowest BCUT2D eigenvalue weighted by molar-refractivity contribution is -0.122. The number of sulfonamides is 1. The number of aryl methyl sites for hydroxylation is 1. The molecule has 7 heteroatoms. The number of fused-ring (bicyclic) bond motifs is 1. The predicted octanol–water partition coefficient (Wildman–Crippen LogP) is 3.50. The SMILES string of the molecule is Cc1ccc(NC(=O)[C@@H]2Cc3ccccc3O2)cc1S(=O)(=O)N1CCCCCC1. The first kappa shape index (κ1) is 19.9. The number of hydrogen-bond acceptors (Lipinski definition) is 4. The van der Waals surface area contributed by atoms with Crippen LogP contribution in [0.3, 0.4) is 0 Å². The van der Waals surface area contributed by atoms with Crippen molar-refractivity contribution < 1.29 is 17.9 Å². The van der Waals surface area contributed by atoms with Crippen LogP contribution in [-0.4, -0.2) is 37.8 Å². The Morgan fingerprint density at radius 3 is 2.52 bits per heavy atom. The highest BCUT2D eigenvalue weighted by Crippen LogP contribution is 2.30. The Balaban J connectivity index is 1.52. The Hall–Kier alpha value is -2.38. The summed E-state index contributed by atoms with van der Waals surface area (Å²) in [7, 11) is -3.59. The molecule has 1 amide bonds. The number of carbonyl (C=O) groups is 1. The molecule has 1 saturated heterocycles. The van der Waals surface area contributed by atoms with Crippen molar-refractivity contribution in [1.82, 2.24) is 4.31 Å². The fraction of sp³-hybridized carbons (Fsp3) is 0.409. The summed E-state index contributed by atoms with van der Waals surface area (Å²) in [4.78, 5) is 12.9. The molecule has 0 aliphatic carbocycles. The van der Waals surface area contributed by atoms with Crippen LogP contribution in [0.4, 0.5) is 5.69 Å². The molecular weight excluding hydrogens is 388 g/mol. The van der Waals surface area contributed by atoms with Gasteiger partial charge < -0.3 is 10.1 Å². The molecule has 0 saturated carbocycles. The summed E-state index contributed by atoms with van der Waals surface area (Å²) in [6, 6.07) is 12.6. The molecule has 1 fully saturated rings. The summed E-state index contributed by atoms with van der Waals surface area (Å²) in [6.45, 7) is 2.88. The third kappa shape index (κ3) is 4.16. The highest BCUT2D eigenvalue weighted by Gasteiger charge is 2.30. The van der Waals surface area contributed by atoms with E-state index in [1.54, 1.807) is 29.4 Å². The quantitative estimate of drug-likeness (QED) is 0.831. The van der Waals surface area contributed by atoms with Gasteiger partial charge in [-0.2, -0.15) is 4.31 Å². The van der Waals surface area contributed by atoms with E-state index in [2.05, 4.69) is 5.32 Å². The van der Waals surface area contributed by atoms with Crippen molar-refractivity contribution in [1.29, 1.82) is 0 Å². The van der Waals surface area contributed by atoms with Gasteiger partial charge in [-0.15, -0.1) is 0 Å². The van der Waals surface area contributed by atoms with Crippen molar-refractivity contribution in [3.63, 3.8) is 0 Å². The van der Waals surface area contributed by atoms with Crippen LogP contribution >= 0.6 is 0 Å². The number of nitrogens with one attached hydrogen (secondary N) is 1. The van der Waals surface area contributed by atoms with Gasteiger partial charge in [-0.25, -0.2) is 8.42 Å². The number of rotatable bonds is 4. The molecule has 6 nitrogen and oxygen atoms in total. The van der Waals surface area contributed by atoms with Crippen LogP contribution in [0.25, 0.3) is 0 Å². The van der Waals surface area contributed by atoms with Gasteiger partial charge in [-0.3, -0.25) is 4.79 Å². The van der Waals surface area contributed by atoms with Crippen molar-refractivity contribution in [2.45, 2.75) is 50.0 Å². The molecule has 2 heterocycles. The molecule has 2 aliphatic rings. The first-order chi connectivity index (χ1) is 13.9. The second-order valence-electron chi connectivity index (χ2n) is 7.71. The van der Waals surface area contributed by atoms with Gasteiger partial charge in [0, 0.05) is 25.2 Å². The predicted molar refractivity (Wildman–Crippen MR) is 112 cm³/mol. The van der Waals surface area contributed by atoms with Crippen LogP contribution in [0.5, 0.6) is 5.75 Å². The lowest BCUT2D eigenvalue weighted by Crippen LogP contribution is -2.33. The molecule has 0 bridgehead atoms. The fourth-order valence-corrected chi connectivity index (χ4v) is 5.70. The normalized spacial score (nSPS) is 19.8. The van der Waals surface area contributed by atoms with Crippen LogP contribution in [0.2, 0.25) is 0 Å². The summed E-state index contributed by atoms with van der Waals surface area (Å²) in [5, 5.41) is 2.83. The van der Waals surface area contributed by atoms with Crippen LogP contribution in [0.1, 0.15) is 36.8 Å². The average molecular weight is 415 g/mol. The summed E-state index contributed by atoms with van der Waals surface area (Å²) < 4.78 is 33.7. The fourth-order valence-electron chi connectivity index (χ4n) is 3.93. The Morgan fingerprint density at radius 2 is 1.79 bits per heavy atom. The van der Waals surface area contributed by atoms with E-state index in [0.717, 1.165) is 37.0 Å². The third-order valence-corrected chi connectivity index (χ3v) is 7.62. The molecule has 2 aromatic carbocycles. The maximum atomic E-state index is 13.2. The maximum Gasteiger partial charge on any atom is 0.265 e. The molecule has 2 aromatic rings. The highest BCUT2D eigenvalue weighted by atomic mass is 32.2. The minimum atomic E-state index is -3.59. The number of benzene rings is 2. The standard InChI is InChI=1S/C22H26N2O4S/c1-16-10-11-18(15-21(16)29(26,27)24-12-6-2-3-7-13-24)23-22(25)20-14-17-8-4-5-9-19(17)28-20/h4-5,8-11,15,20H,2-3,6-7,12-14H2,1H3,(H,23,25)/t20-/m0/s1. The molecule has 154 valence electrons. The first-order valence-electron chi connectivity index (χ1n) is 10.1. The lowest BCUT2D eigenvalue weighted by Gasteiger charge is -2.21. The largest absolute Gasteiger partial charge is 0.480 e. The van der Waals surface area contributed by atoms with Crippen molar-refractivity contribution >= 4 is 21.6 Å². The van der Waals surface area contributed by atoms with E-state index in [1.807, 2.05) is 24.3 Å². The minimum Gasteiger partial charge on any atom is -0.480 e. The summed E-state index contributed by atoms with van der Waals surface area (Å²) in [6.07, 6.45) is 3.78. The highest BCUT2D eigenvalue weighted by molar-refractivity contribution is 7.89. The zero-order valence-electron chi connectivity index (χ0n) is 16.6. The molecular formula is C22H26N2O4S. The second-order valence-corrected chi connectivity index (χ2v) is 9.61. The average Bonchev–Trinajstić information content (AvgIpc) is 2.95. The van der Waals surface area contributed by atoms with Crippen molar-refractivity contribution in [3.8, 4) is 5.75 Å². The van der Waals surface area contributed by atoms with E-state index < -0.39 is 16.1 Å². The molecule has 2 aliphatic heterocycles. The van der Waals surface area contributed by atoms with Crippen LogP contribution in [0, 0.1) is 6.92 Å². The first-order valence-corrected chi connectivity index (χ1v) is 11.6. The zero-order valence-corrected chi connectivity index (χ0v) is 17.4. The summed E-state index contributed by atoms with van der Waals surface area (Å²) >= 11 is 0. The third-order valence-electron chi connectivity index (χ3n) is 5.58. The Kier molecular flexibility index (Phi) is 5.61. The van der Waals surface area contributed by atoms with Crippen molar-refractivity contribution in [2.24, 2.45) is 0 Å². The van der Waals surface area contributed by atoms with Crippen LogP contribution in [0.15, 0.2) is 47.4 Å². The van der Waals surface area contributed by atoms with E-state index in [9.17, 15) is 13.2 Å². The van der Waals surface area contributed by atoms with E-state index in [1.165, 1.54) is 0 Å².